The van der Waals surface area contributed by atoms with Gasteiger partial charge in [0.15, 0.2) is 0 Å². The van der Waals surface area contributed by atoms with Crippen LogP contribution in [0, 0.1) is 5.92 Å². The van der Waals surface area contributed by atoms with E-state index in [1.165, 1.54) is 141 Å². The number of aliphatic hydroxyl groups excluding tert-OH is 2. The Kier molecular flexibility index (Phi) is 31.3. The highest BCUT2D eigenvalue weighted by Gasteiger charge is 2.18. The summed E-state index contributed by atoms with van der Waals surface area (Å²) in [5.74, 6) is -0.460. The molecule has 0 fully saturated rings. The molecule has 252 valence electrons. The van der Waals surface area contributed by atoms with Crippen molar-refractivity contribution < 1.29 is 15.0 Å². The number of primary amides is 1. The van der Waals surface area contributed by atoms with Crippen molar-refractivity contribution in [2.24, 2.45) is 11.7 Å². The lowest BCUT2D eigenvalue weighted by Crippen LogP contribution is -2.39. The van der Waals surface area contributed by atoms with Crippen LogP contribution in [-0.2, 0) is 4.79 Å². The minimum Gasteiger partial charge on any atom is -0.392 e. The molecule has 0 bridgehead atoms. The maximum atomic E-state index is 11.5. The maximum Gasteiger partial charge on any atom is 0.220 e. The third-order valence-electron chi connectivity index (χ3n) is 9.08. The molecule has 0 spiro atoms. The number of aliphatic hydroxyl groups is 2. The first-order valence-corrected chi connectivity index (χ1v) is 18.8. The van der Waals surface area contributed by atoms with Crippen LogP contribution in [0.2, 0.25) is 0 Å². The van der Waals surface area contributed by atoms with E-state index in [1.807, 2.05) is 6.92 Å². The number of carbonyl (C=O) groups excluding carboxylic acids is 1. The normalized spacial score (nSPS) is 14.0. The van der Waals surface area contributed by atoms with E-state index in [-0.39, 0.29) is 24.0 Å². The van der Waals surface area contributed by atoms with Crippen LogP contribution in [0.1, 0.15) is 194 Å². The second-order valence-corrected chi connectivity index (χ2v) is 13.5. The molecule has 0 aromatic rings. The number of hydrogen-bond acceptors (Lipinski definition) is 4. The van der Waals surface area contributed by atoms with Crippen molar-refractivity contribution in [1.29, 1.82) is 0 Å². The molecule has 4 N–H and O–H groups in total. The fraction of sp³-hybridized carbons (Fsp3) is 0.973. The molecule has 0 saturated heterocycles. The van der Waals surface area contributed by atoms with E-state index in [1.54, 1.807) is 0 Å². The molecule has 0 rings (SSSR count). The van der Waals surface area contributed by atoms with Gasteiger partial charge in [0.2, 0.25) is 5.91 Å². The van der Waals surface area contributed by atoms with Gasteiger partial charge in [-0.05, 0) is 25.8 Å². The van der Waals surface area contributed by atoms with Crippen molar-refractivity contribution in [2.45, 2.75) is 206 Å². The Labute approximate surface area is 263 Å². The average Bonchev–Trinajstić information content (AvgIpc) is 2.96. The van der Waals surface area contributed by atoms with Crippen LogP contribution in [0.25, 0.3) is 0 Å². The zero-order chi connectivity index (χ0) is 31.1. The standard InChI is InChI=1S/C37H76N2O3/c1-4-6-8-10-12-14-16-18-20-22-24-26-28-35(40)32-39(31-30-34(3)37(38)42)33-36(41)29-27-25-23-21-19-17-15-13-11-9-7-5-2/h34-36,40-41H,4-33H2,1-3H3,(H2,38,42). The number of unbranched alkanes of at least 4 members (excludes halogenated alkanes) is 22. The molecule has 42 heavy (non-hydrogen) atoms. The predicted molar refractivity (Wildman–Crippen MR) is 183 cm³/mol. The summed E-state index contributed by atoms with van der Waals surface area (Å²) in [6, 6.07) is 0. The third kappa shape index (κ3) is 29.4. The van der Waals surface area contributed by atoms with Gasteiger partial charge in [-0.1, -0.05) is 175 Å². The molecule has 5 heteroatoms. The van der Waals surface area contributed by atoms with Gasteiger partial charge in [-0.2, -0.15) is 0 Å². The van der Waals surface area contributed by atoms with Crippen molar-refractivity contribution >= 4 is 5.91 Å². The van der Waals surface area contributed by atoms with Crippen LogP contribution >= 0.6 is 0 Å². The Morgan fingerprint density at radius 2 is 0.810 bits per heavy atom. The first-order valence-electron chi connectivity index (χ1n) is 18.8. The molecule has 0 aromatic carbocycles. The van der Waals surface area contributed by atoms with E-state index < -0.39 is 0 Å². The van der Waals surface area contributed by atoms with Crippen LogP contribution < -0.4 is 5.73 Å². The van der Waals surface area contributed by atoms with Gasteiger partial charge in [0.25, 0.3) is 0 Å². The van der Waals surface area contributed by atoms with Gasteiger partial charge in [0.05, 0.1) is 12.2 Å². The highest BCUT2D eigenvalue weighted by Crippen LogP contribution is 2.16. The van der Waals surface area contributed by atoms with Gasteiger partial charge in [-0.15, -0.1) is 0 Å². The quantitative estimate of drug-likeness (QED) is 0.0645. The van der Waals surface area contributed by atoms with Crippen molar-refractivity contribution in [3.8, 4) is 0 Å². The highest BCUT2D eigenvalue weighted by atomic mass is 16.3. The smallest absolute Gasteiger partial charge is 0.220 e. The lowest BCUT2D eigenvalue weighted by atomic mass is 10.0. The van der Waals surface area contributed by atoms with E-state index >= 15 is 0 Å². The molecular formula is C37H76N2O3. The molecule has 0 aliphatic heterocycles. The fourth-order valence-corrected chi connectivity index (χ4v) is 6.00. The minimum absolute atomic E-state index is 0.186. The molecule has 0 aliphatic rings. The lowest BCUT2D eigenvalue weighted by Gasteiger charge is -2.28. The SMILES string of the molecule is CCCCCCCCCCCCCCC(O)CN(CCC(C)C(N)=O)CC(O)CCCCCCCCCCCCCC. The van der Waals surface area contributed by atoms with Crippen LogP contribution in [0.3, 0.4) is 0 Å². The molecule has 0 aliphatic carbocycles. The second-order valence-electron chi connectivity index (χ2n) is 13.5. The first-order chi connectivity index (χ1) is 20.4. The number of nitrogens with zero attached hydrogens (tertiary/aromatic N) is 1. The van der Waals surface area contributed by atoms with Crippen molar-refractivity contribution in [1.82, 2.24) is 4.90 Å². The molecule has 3 atom stereocenters. The first kappa shape index (κ1) is 41.4. The van der Waals surface area contributed by atoms with Gasteiger partial charge in [0, 0.05) is 19.0 Å². The third-order valence-corrected chi connectivity index (χ3v) is 9.08. The zero-order valence-electron chi connectivity index (χ0n) is 28.8. The summed E-state index contributed by atoms with van der Waals surface area (Å²) in [5, 5.41) is 21.5. The van der Waals surface area contributed by atoms with Crippen LogP contribution in [0.4, 0.5) is 0 Å². The molecule has 5 nitrogen and oxygen atoms in total. The number of nitrogens with two attached hydrogens (primary N) is 1. The Morgan fingerprint density at radius 3 is 1.10 bits per heavy atom. The Morgan fingerprint density at radius 1 is 0.524 bits per heavy atom. The van der Waals surface area contributed by atoms with Gasteiger partial charge >= 0.3 is 0 Å². The average molecular weight is 597 g/mol. The van der Waals surface area contributed by atoms with Crippen LogP contribution in [-0.4, -0.2) is 52.9 Å². The maximum absolute atomic E-state index is 11.5. The van der Waals surface area contributed by atoms with Crippen molar-refractivity contribution in [3.05, 3.63) is 0 Å². The topological polar surface area (TPSA) is 86.8 Å². The van der Waals surface area contributed by atoms with Gasteiger partial charge in [0.1, 0.15) is 0 Å². The molecule has 0 heterocycles. The van der Waals surface area contributed by atoms with Gasteiger partial charge < -0.3 is 15.9 Å². The summed E-state index contributed by atoms with van der Waals surface area (Å²) in [7, 11) is 0. The highest BCUT2D eigenvalue weighted by molar-refractivity contribution is 5.76. The Bertz CT molecular complexity index is 523. The second kappa shape index (κ2) is 31.8. The van der Waals surface area contributed by atoms with E-state index in [0.717, 1.165) is 25.7 Å². The van der Waals surface area contributed by atoms with E-state index in [2.05, 4.69) is 18.7 Å². The Hall–Kier alpha value is -0.650. The van der Waals surface area contributed by atoms with Crippen molar-refractivity contribution in [2.75, 3.05) is 19.6 Å². The van der Waals surface area contributed by atoms with E-state index in [0.29, 0.717) is 26.1 Å². The molecule has 0 aromatic heterocycles. The molecule has 3 unspecified atom stereocenters. The fourth-order valence-electron chi connectivity index (χ4n) is 6.00. The van der Waals surface area contributed by atoms with Gasteiger partial charge in [-0.25, -0.2) is 0 Å². The summed E-state index contributed by atoms with van der Waals surface area (Å²) in [6.07, 6.45) is 33.2. The van der Waals surface area contributed by atoms with Crippen LogP contribution in [0.15, 0.2) is 0 Å². The number of hydrogen-bond donors (Lipinski definition) is 3. The van der Waals surface area contributed by atoms with E-state index in [4.69, 9.17) is 5.73 Å². The molecule has 0 saturated carbocycles. The number of carbonyl (C=O) groups is 1. The summed E-state index contributed by atoms with van der Waals surface area (Å²) in [5.41, 5.74) is 5.48. The monoisotopic (exact) mass is 597 g/mol. The summed E-state index contributed by atoms with van der Waals surface area (Å²) < 4.78 is 0. The van der Waals surface area contributed by atoms with Crippen LogP contribution in [0.5, 0.6) is 0 Å². The largest absolute Gasteiger partial charge is 0.392 e. The molecular weight excluding hydrogens is 520 g/mol. The lowest BCUT2D eigenvalue weighted by molar-refractivity contribution is -0.121. The number of rotatable bonds is 34. The minimum atomic E-state index is -0.379. The number of amides is 1. The van der Waals surface area contributed by atoms with Crippen molar-refractivity contribution in [3.63, 3.8) is 0 Å². The van der Waals surface area contributed by atoms with Gasteiger partial charge in [-0.3, -0.25) is 9.69 Å². The Balaban J connectivity index is 4.06. The van der Waals surface area contributed by atoms with E-state index in [9.17, 15) is 15.0 Å². The molecule has 0 radical (unpaired) electrons. The summed E-state index contributed by atoms with van der Waals surface area (Å²) in [4.78, 5) is 13.7. The zero-order valence-corrected chi connectivity index (χ0v) is 28.8. The predicted octanol–water partition coefficient (Wildman–Crippen LogP) is 9.70. The molecule has 1 amide bonds. The summed E-state index contributed by atoms with van der Waals surface area (Å²) in [6.45, 7) is 8.24. The summed E-state index contributed by atoms with van der Waals surface area (Å²) >= 11 is 0.